The van der Waals surface area contributed by atoms with E-state index in [1.165, 1.54) is 10.8 Å². The number of amidine groups is 1. The Bertz CT molecular complexity index is 2690. The minimum absolute atomic E-state index is 0.692. The van der Waals surface area contributed by atoms with Gasteiger partial charge in [0.25, 0.3) is 0 Å². The summed E-state index contributed by atoms with van der Waals surface area (Å²) < 4.78 is 4.41. The topological polar surface area (TPSA) is 42.5 Å². The van der Waals surface area contributed by atoms with Crippen molar-refractivity contribution in [3.05, 3.63) is 171 Å². The second-order valence-electron chi connectivity index (χ2n) is 12.2. The van der Waals surface area contributed by atoms with Gasteiger partial charge in [-0.1, -0.05) is 153 Å². The van der Waals surface area contributed by atoms with Crippen LogP contribution in [0.1, 0.15) is 16.7 Å². The monoisotopic (exact) mass is 742 g/mol. The van der Waals surface area contributed by atoms with Gasteiger partial charge in [0.05, 0.1) is 11.0 Å². The van der Waals surface area contributed by atoms with Crippen molar-refractivity contribution < 1.29 is 0 Å². The van der Waals surface area contributed by atoms with Gasteiger partial charge in [-0.15, -0.1) is 0 Å². The molecule has 0 N–H and O–H groups in total. The lowest BCUT2D eigenvalue weighted by atomic mass is 9.76. The fourth-order valence-corrected chi connectivity index (χ4v) is 8.14. The van der Waals surface area contributed by atoms with Gasteiger partial charge in [-0.2, -0.15) is 0 Å². The molecule has 7 aromatic carbocycles. The molecule has 1 unspecified atom stereocenters. The Balaban J connectivity index is 1.45. The summed E-state index contributed by atoms with van der Waals surface area (Å²) in [5, 5.41) is 4.59. The van der Waals surface area contributed by atoms with E-state index in [0.29, 0.717) is 5.84 Å². The Kier molecular flexibility index (Phi) is 6.05. The highest BCUT2D eigenvalue weighted by atomic mass is 79.9. The summed E-state index contributed by atoms with van der Waals surface area (Å²) in [6.45, 7) is 0. The first-order valence-corrected chi connectivity index (χ1v) is 17.4. The van der Waals surface area contributed by atoms with Crippen molar-refractivity contribution in [2.45, 2.75) is 5.66 Å². The quantitative estimate of drug-likeness (QED) is 0.166. The number of hydrogen-bond donors (Lipinski definition) is 0. The maximum absolute atomic E-state index is 5.78. The standard InChI is InChI=1S/C42H24Br2N4/c43-27-21-17-25(18-22-27)40-46-39-35-15-6-3-11-31(35)32-12-7-8-16-36(32)42(39,47-40)48-38-34-14-5-2-10-30(34)29-9-1-4-13-33(29)37(38)45-41(48)26-19-23-28(44)24-20-26/h1-24H. The summed E-state index contributed by atoms with van der Waals surface area (Å²) in [4.78, 5) is 16.8. The Hall–Kier alpha value is -5.17. The highest BCUT2D eigenvalue weighted by Gasteiger charge is 2.51. The van der Waals surface area contributed by atoms with E-state index < -0.39 is 5.66 Å². The number of hydrogen-bond acceptors (Lipinski definition) is 3. The summed E-state index contributed by atoms with van der Waals surface area (Å²) in [6, 6.07) is 51.2. The zero-order valence-electron chi connectivity index (χ0n) is 25.4. The van der Waals surface area contributed by atoms with Gasteiger partial charge in [-0.05, 0) is 46.2 Å². The van der Waals surface area contributed by atoms with Crippen LogP contribution in [0.4, 0.5) is 0 Å². The molecule has 0 saturated heterocycles. The molecule has 1 aliphatic heterocycles. The Morgan fingerprint density at radius 2 is 1.04 bits per heavy atom. The summed E-state index contributed by atoms with van der Waals surface area (Å²) in [5.41, 5.74) is 8.22. The van der Waals surface area contributed by atoms with Crippen LogP contribution < -0.4 is 0 Å². The maximum atomic E-state index is 5.78. The number of fused-ring (bicyclic) bond motifs is 12. The molecule has 8 aromatic rings. The van der Waals surface area contributed by atoms with Gasteiger partial charge in [0.2, 0.25) is 5.66 Å². The molecule has 2 aliphatic rings. The van der Waals surface area contributed by atoms with E-state index in [-0.39, 0.29) is 0 Å². The van der Waals surface area contributed by atoms with Gasteiger partial charge < -0.3 is 0 Å². The van der Waals surface area contributed by atoms with E-state index >= 15 is 0 Å². The third-order valence-corrected chi connectivity index (χ3v) is 10.7. The van der Waals surface area contributed by atoms with Crippen molar-refractivity contribution in [2.24, 2.45) is 9.98 Å². The molecule has 1 atom stereocenters. The third-order valence-electron chi connectivity index (χ3n) is 9.65. The van der Waals surface area contributed by atoms with Crippen LogP contribution in [0, 0.1) is 0 Å². The van der Waals surface area contributed by atoms with E-state index in [4.69, 9.17) is 15.0 Å². The Labute approximate surface area is 293 Å². The Morgan fingerprint density at radius 1 is 0.500 bits per heavy atom. The third kappa shape index (κ3) is 3.84. The summed E-state index contributed by atoms with van der Waals surface area (Å²) in [6.07, 6.45) is 0. The molecule has 48 heavy (non-hydrogen) atoms. The average Bonchev–Trinajstić information content (AvgIpc) is 3.74. The van der Waals surface area contributed by atoms with Crippen molar-refractivity contribution in [2.75, 3.05) is 0 Å². The largest absolute Gasteiger partial charge is 0.288 e. The molecule has 4 nitrogen and oxygen atoms in total. The highest BCUT2D eigenvalue weighted by Crippen LogP contribution is 2.52. The lowest BCUT2D eigenvalue weighted by Gasteiger charge is -2.38. The van der Waals surface area contributed by atoms with Gasteiger partial charge in [-0.25, -0.2) is 15.0 Å². The molecular weight excluding hydrogens is 720 g/mol. The maximum Gasteiger partial charge on any atom is 0.210 e. The van der Waals surface area contributed by atoms with Crippen LogP contribution in [-0.4, -0.2) is 21.1 Å². The molecule has 226 valence electrons. The number of imidazole rings is 1. The van der Waals surface area contributed by atoms with E-state index in [9.17, 15) is 0 Å². The van der Waals surface area contributed by atoms with E-state index in [1.54, 1.807) is 0 Å². The normalized spacial score (nSPS) is 16.5. The highest BCUT2D eigenvalue weighted by molar-refractivity contribution is 9.10. The van der Waals surface area contributed by atoms with Crippen LogP contribution in [0.25, 0.3) is 55.1 Å². The van der Waals surface area contributed by atoms with Crippen molar-refractivity contribution in [3.8, 4) is 22.5 Å². The minimum Gasteiger partial charge on any atom is -0.288 e. The van der Waals surface area contributed by atoms with Gasteiger partial charge >= 0.3 is 0 Å². The van der Waals surface area contributed by atoms with Crippen molar-refractivity contribution in [1.29, 1.82) is 0 Å². The molecule has 0 saturated carbocycles. The number of rotatable bonds is 3. The second-order valence-corrected chi connectivity index (χ2v) is 14.1. The molecular formula is C42H24Br2N4. The van der Waals surface area contributed by atoms with Crippen molar-refractivity contribution in [1.82, 2.24) is 9.55 Å². The molecule has 0 fully saturated rings. The number of nitrogens with zero attached hydrogens (tertiary/aromatic N) is 4. The van der Waals surface area contributed by atoms with Crippen LogP contribution in [0.15, 0.2) is 165 Å². The lowest BCUT2D eigenvalue weighted by molar-refractivity contribution is 0.536. The fraction of sp³-hybridized carbons (Fsp3) is 0.0238. The van der Waals surface area contributed by atoms with Crippen LogP contribution in [0.3, 0.4) is 0 Å². The average molecular weight is 744 g/mol. The molecule has 0 spiro atoms. The predicted molar refractivity (Wildman–Crippen MR) is 204 cm³/mol. The summed E-state index contributed by atoms with van der Waals surface area (Å²) >= 11 is 7.28. The van der Waals surface area contributed by atoms with Crippen molar-refractivity contribution >= 4 is 76.0 Å². The van der Waals surface area contributed by atoms with E-state index in [0.717, 1.165) is 75.7 Å². The Morgan fingerprint density at radius 3 is 1.75 bits per heavy atom. The molecule has 6 heteroatoms. The number of aromatic nitrogens is 2. The molecule has 0 bridgehead atoms. The molecule has 10 rings (SSSR count). The SMILES string of the molecule is Brc1ccc(C2=NC3(n4c(-c5ccc(Br)cc5)nc5c6ccccc6c6ccccc6c54)C(=N2)c2ccccc2-c2ccccc23)cc1. The zero-order chi connectivity index (χ0) is 32.0. The second kappa shape index (κ2) is 10.4. The molecule has 1 aliphatic carbocycles. The molecule has 1 aromatic heterocycles. The molecule has 2 heterocycles. The molecule has 0 radical (unpaired) electrons. The van der Waals surface area contributed by atoms with Crippen LogP contribution in [0.2, 0.25) is 0 Å². The van der Waals surface area contributed by atoms with Gasteiger partial charge in [0.1, 0.15) is 11.5 Å². The summed E-state index contributed by atoms with van der Waals surface area (Å²) in [5.74, 6) is 1.53. The fourth-order valence-electron chi connectivity index (χ4n) is 7.61. The summed E-state index contributed by atoms with van der Waals surface area (Å²) in [7, 11) is 0. The number of benzene rings is 7. The van der Waals surface area contributed by atoms with Crippen LogP contribution in [0.5, 0.6) is 0 Å². The van der Waals surface area contributed by atoms with Gasteiger partial charge in [-0.3, -0.25) is 4.57 Å². The number of halogens is 2. The van der Waals surface area contributed by atoms with Crippen LogP contribution >= 0.6 is 31.9 Å². The minimum atomic E-state index is -1.05. The van der Waals surface area contributed by atoms with Crippen LogP contribution in [-0.2, 0) is 5.66 Å². The number of aliphatic imine (C=N–C) groups is 2. The first-order valence-electron chi connectivity index (χ1n) is 15.8. The first-order chi connectivity index (χ1) is 23.6. The van der Waals surface area contributed by atoms with Gasteiger partial charge in [0, 0.05) is 42.0 Å². The van der Waals surface area contributed by atoms with E-state index in [2.05, 4.69) is 170 Å². The lowest BCUT2D eigenvalue weighted by Crippen LogP contribution is -2.43. The van der Waals surface area contributed by atoms with Crippen molar-refractivity contribution in [3.63, 3.8) is 0 Å². The zero-order valence-corrected chi connectivity index (χ0v) is 28.6. The first kappa shape index (κ1) is 27.9. The smallest absolute Gasteiger partial charge is 0.210 e. The van der Waals surface area contributed by atoms with E-state index in [1.807, 2.05) is 12.1 Å². The predicted octanol–water partition coefficient (Wildman–Crippen LogP) is 11.2. The van der Waals surface area contributed by atoms with Gasteiger partial charge in [0.15, 0.2) is 5.84 Å². The molecule has 0 amide bonds.